The van der Waals surface area contributed by atoms with E-state index in [1.54, 1.807) is 6.07 Å². The summed E-state index contributed by atoms with van der Waals surface area (Å²) in [6, 6.07) is 2.96. The van der Waals surface area contributed by atoms with E-state index in [9.17, 15) is 15.0 Å². The molecule has 4 rings (SSSR count). The van der Waals surface area contributed by atoms with Gasteiger partial charge in [0.05, 0.1) is 24.2 Å². The van der Waals surface area contributed by atoms with Gasteiger partial charge < -0.3 is 35.5 Å². The van der Waals surface area contributed by atoms with Gasteiger partial charge in [-0.15, -0.1) is 0 Å². The molecular formula is C16H21N3O7. The number of hydrogen-bond donors (Lipinski definition) is 4. The molecule has 10 nitrogen and oxygen atoms in total. The number of primary amides is 1. The van der Waals surface area contributed by atoms with Gasteiger partial charge in [-0.3, -0.25) is 0 Å². The number of carbonyl (C=O) groups is 1. The number of fused-ring (bicyclic) bond motifs is 6. The molecule has 0 aliphatic carbocycles. The van der Waals surface area contributed by atoms with Crippen LogP contribution in [0, 0.1) is 0 Å². The van der Waals surface area contributed by atoms with Gasteiger partial charge in [-0.05, 0) is 12.1 Å². The molecule has 3 aliphatic rings. The van der Waals surface area contributed by atoms with Gasteiger partial charge in [0.25, 0.3) is 0 Å². The van der Waals surface area contributed by atoms with Gasteiger partial charge in [0.15, 0.2) is 6.29 Å². The molecule has 3 heterocycles. The number of hydrogen-bond acceptors (Lipinski definition) is 9. The number of nitrogens with two attached hydrogens (primary N) is 1. The van der Waals surface area contributed by atoms with Crippen LogP contribution in [-0.4, -0.2) is 61.5 Å². The van der Waals surface area contributed by atoms with Gasteiger partial charge in [-0.1, -0.05) is 0 Å². The number of nitrogens with one attached hydrogen (secondary N) is 1. The Morgan fingerprint density at radius 1 is 1.50 bits per heavy atom. The molecule has 2 bridgehead atoms. The first-order valence-electron chi connectivity index (χ1n) is 8.18. The number of rotatable bonds is 5. The van der Waals surface area contributed by atoms with Gasteiger partial charge in [0, 0.05) is 31.4 Å². The largest absolute Gasteiger partial charge is 0.508 e. The van der Waals surface area contributed by atoms with Crippen molar-refractivity contribution in [2.45, 2.75) is 30.1 Å². The highest BCUT2D eigenvalue weighted by Gasteiger charge is 2.65. The summed E-state index contributed by atoms with van der Waals surface area (Å²) in [4.78, 5) is 16.9. The van der Waals surface area contributed by atoms with Crippen LogP contribution < -0.4 is 16.1 Å². The number of anilines is 1. The molecule has 0 aromatic heterocycles. The summed E-state index contributed by atoms with van der Waals surface area (Å²) in [5.74, 6) is -2.56. The molecule has 5 N–H and O–H groups in total. The number of carbonyl (C=O) groups excluding carboxylic acids is 1. The zero-order valence-corrected chi connectivity index (χ0v) is 14.3. The first-order valence-corrected chi connectivity index (χ1v) is 8.18. The standard InChI is InChI=1S/C16H21N3O7/c1-23-14(24-2)7-3-10-12(11(20)4-7)8(6-25-15(17)21)16(22)13-9(18-13)5-19(10)26-16/h3-4,8-9,13-14,18,20,22H,5-6H2,1-2H3,(H2,17,21). The zero-order valence-electron chi connectivity index (χ0n) is 14.3. The molecule has 2 fully saturated rings. The summed E-state index contributed by atoms with van der Waals surface area (Å²) in [5.41, 5.74) is 6.63. The Morgan fingerprint density at radius 3 is 2.88 bits per heavy atom. The first kappa shape index (κ1) is 17.3. The number of hydroxylamine groups is 1. The molecule has 3 aliphatic heterocycles. The summed E-state index contributed by atoms with van der Waals surface area (Å²) in [6.07, 6.45) is -1.65. The Hall–Kier alpha value is -2.11. The summed E-state index contributed by atoms with van der Waals surface area (Å²) in [6.45, 7) is 0.263. The van der Waals surface area contributed by atoms with Crippen LogP contribution in [0.3, 0.4) is 0 Å². The number of nitrogens with zero attached hydrogens (tertiary/aromatic N) is 1. The average Bonchev–Trinajstić information content (AvgIpc) is 3.36. The minimum atomic E-state index is -1.66. The van der Waals surface area contributed by atoms with E-state index in [1.165, 1.54) is 25.3 Å². The predicted octanol–water partition coefficient (Wildman–Crippen LogP) is -0.343. The lowest BCUT2D eigenvalue weighted by molar-refractivity contribution is -0.247. The third kappa shape index (κ3) is 2.49. The van der Waals surface area contributed by atoms with Crippen molar-refractivity contribution in [3.63, 3.8) is 0 Å². The van der Waals surface area contributed by atoms with Crippen molar-refractivity contribution in [2.24, 2.45) is 5.73 Å². The second-order valence-electron chi connectivity index (χ2n) is 6.61. The highest BCUT2D eigenvalue weighted by atomic mass is 16.8. The van der Waals surface area contributed by atoms with E-state index in [4.69, 9.17) is 24.8 Å². The number of benzene rings is 1. The minimum absolute atomic E-state index is 0.0319. The first-order chi connectivity index (χ1) is 12.4. The van der Waals surface area contributed by atoms with E-state index in [-0.39, 0.29) is 24.4 Å². The van der Waals surface area contributed by atoms with Crippen LogP contribution in [-0.2, 0) is 19.0 Å². The van der Waals surface area contributed by atoms with Crippen molar-refractivity contribution in [1.82, 2.24) is 5.32 Å². The number of amides is 1. The number of phenols is 1. The maximum atomic E-state index is 11.1. The maximum Gasteiger partial charge on any atom is 0.404 e. The molecule has 4 unspecified atom stereocenters. The second-order valence-corrected chi connectivity index (χ2v) is 6.61. The zero-order chi connectivity index (χ0) is 18.6. The number of aromatic hydroxyl groups is 1. The smallest absolute Gasteiger partial charge is 0.404 e. The van der Waals surface area contributed by atoms with E-state index >= 15 is 0 Å². The molecule has 0 spiro atoms. The van der Waals surface area contributed by atoms with Crippen molar-refractivity contribution in [3.8, 4) is 5.75 Å². The molecule has 0 radical (unpaired) electrons. The lowest BCUT2D eigenvalue weighted by Gasteiger charge is -2.48. The van der Waals surface area contributed by atoms with Crippen molar-refractivity contribution in [2.75, 3.05) is 32.4 Å². The van der Waals surface area contributed by atoms with Crippen LogP contribution in [0.15, 0.2) is 12.1 Å². The molecular weight excluding hydrogens is 346 g/mol. The SMILES string of the molecule is COC(OC)c1cc(O)c2c(c1)N1CC3NC3C(O)(O1)C2COC(N)=O. The van der Waals surface area contributed by atoms with Crippen LogP contribution >= 0.6 is 0 Å². The van der Waals surface area contributed by atoms with E-state index in [2.05, 4.69) is 5.32 Å². The number of aliphatic hydroxyl groups is 1. The Bertz CT molecular complexity index is 741. The van der Waals surface area contributed by atoms with Crippen molar-refractivity contribution < 1.29 is 34.1 Å². The van der Waals surface area contributed by atoms with E-state index in [0.717, 1.165) is 0 Å². The number of phenolic OH excluding ortho intramolecular Hbond substituents is 1. The third-order valence-electron chi connectivity index (χ3n) is 5.12. The highest BCUT2D eigenvalue weighted by molar-refractivity contribution is 5.67. The fraction of sp³-hybridized carbons (Fsp3) is 0.562. The monoisotopic (exact) mass is 367 g/mol. The lowest BCUT2D eigenvalue weighted by Crippen LogP contribution is -2.59. The summed E-state index contributed by atoms with van der Waals surface area (Å²) < 4.78 is 15.4. The molecule has 26 heavy (non-hydrogen) atoms. The van der Waals surface area contributed by atoms with Crippen molar-refractivity contribution in [1.29, 1.82) is 0 Å². The molecule has 0 saturated carbocycles. The molecule has 4 atom stereocenters. The normalized spacial score (nSPS) is 31.4. The van der Waals surface area contributed by atoms with Crippen LogP contribution in [0.2, 0.25) is 0 Å². The summed E-state index contributed by atoms with van der Waals surface area (Å²) >= 11 is 0. The molecule has 142 valence electrons. The minimum Gasteiger partial charge on any atom is -0.508 e. The van der Waals surface area contributed by atoms with Crippen molar-refractivity contribution >= 4 is 11.8 Å². The third-order valence-corrected chi connectivity index (χ3v) is 5.12. The fourth-order valence-corrected chi connectivity index (χ4v) is 3.90. The van der Waals surface area contributed by atoms with Gasteiger partial charge in [0.2, 0.25) is 5.79 Å². The molecule has 10 heteroatoms. The van der Waals surface area contributed by atoms with E-state index < -0.39 is 24.1 Å². The van der Waals surface area contributed by atoms with Gasteiger partial charge in [-0.25, -0.2) is 14.7 Å². The summed E-state index contributed by atoms with van der Waals surface area (Å²) in [7, 11) is 2.98. The number of ether oxygens (including phenoxy) is 3. The van der Waals surface area contributed by atoms with Crippen molar-refractivity contribution in [3.05, 3.63) is 23.3 Å². The second kappa shape index (κ2) is 5.96. The number of methoxy groups -OCH3 is 2. The highest BCUT2D eigenvalue weighted by Crippen LogP contribution is 2.53. The lowest BCUT2D eigenvalue weighted by atomic mass is 9.82. The van der Waals surface area contributed by atoms with Crippen LogP contribution in [0.1, 0.15) is 23.3 Å². The van der Waals surface area contributed by atoms with Crippen LogP contribution in [0.4, 0.5) is 10.5 Å². The fourth-order valence-electron chi connectivity index (χ4n) is 3.90. The van der Waals surface area contributed by atoms with Gasteiger partial charge in [0.1, 0.15) is 12.4 Å². The molecule has 1 aromatic carbocycles. The van der Waals surface area contributed by atoms with E-state index in [1.807, 2.05) is 0 Å². The average molecular weight is 367 g/mol. The Balaban J connectivity index is 1.81. The van der Waals surface area contributed by atoms with E-state index in [0.29, 0.717) is 23.4 Å². The van der Waals surface area contributed by atoms with Gasteiger partial charge in [-0.2, -0.15) is 0 Å². The Kier molecular flexibility index (Phi) is 3.97. The van der Waals surface area contributed by atoms with Crippen LogP contribution in [0.5, 0.6) is 5.75 Å². The Morgan fingerprint density at radius 2 is 2.23 bits per heavy atom. The molecule has 2 saturated heterocycles. The molecule has 1 aromatic rings. The topological polar surface area (TPSA) is 146 Å². The molecule has 1 amide bonds. The maximum absolute atomic E-state index is 11.1. The van der Waals surface area contributed by atoms with Crippen LogP contribution in [0.25, 0.3) is 0 Å². The quantitative estimate of drug-likeness (QED) is 0.405. The predicted molar refractivity (Wildman–Crippen MR) is 87.2 cm³/mol. The summed E-state index contributed by atoms with van der Waals surface area (Å²) in [5, 5.41) is 26.5. The van der Waals surface area contributed by atoms with Gasteiger partial charge >= 0.3 is 6.09 Å². The Labute approximate surface area is 149 Å².